The van der Waals surface area contributed by atoms with Crippen molar-refractivity contribution in [2.45, 2.75) is 19.9 Å². The number of likely N-dealkylation sites (N-methyl/N-ethyl adjacent to an activating group) is 1. The maximum Gasteiger partial charge on any atom is 0.241 e. The third-order valence-electron chi connectivity index (χ3n) is 3.74. The lowest BCUT2D eigenvalue weighted by atomic mass is 10.2. The number of halogens is 3. The first-order valence-electron chi connectivity index (χ1n) is 7.24. The number of piperazine rings is 1. The normalized spacial score (nSPS) is 15.5. The molecule has 1 saturated heterocycles. The average molecular weight is 386 g/mol. The molecule has 0 saturated carbocycles. The van der Waals surface area contributed by atoms with Crippen molar-refractivity contribution < 1.29 is 4.79 Å². The van der Waals surface area contributed by atoms with E-state index in [4.69, 9.17) is 5.73 Å². The quantitative estimate of drug-likeness (QED) is 0.835. The van der Waals surface area contributed by atoms with Crippen LogP contribution in [-0.2, 0) is 4.79 Å². The van der Waals surface area contributed by atoms with E-state index in [-0.39, 0.29) is 43.1 Å². The maximum atomic E-state index is 11.8. The van der Waals surface area contributed by atoms with E-state index < -0.39 is 6.04 Å². The molecule has 23 heavy (non-hydrogen) atoms. The number of benzene rings is 1. The molecular weight excluding hydrogens is 359 g/mol. The highest BCUT2D eigenvalue weighted by Gasteiger charge is 2.19. The van der Waals surface area contributed by atoms with Crippen LogP contribution in [0.1, 0.15) is 13.8 Å². The topological polar surface area (TPSA) is 61.6 Å². The van der Waals surface area contributed by atoms with Crippen LogP contribution in [0.3, 0.4) is 0 Å². The van der Waals surface area contributed by atoms with Gasteiger partial charge in [-0.25, -0.2) is 0 Å². The summed E-state index contributed by atoms with van der Waals surface area (Å²) in [6.07, 6.45) is 0. The molecule has 1 aromatic rings. The number of para-hydroxylation sites is 2. The molecule has 0 bridgehead atoms. The fourth-order valence-corrected chi connectivity index (χ4v) is 2.41. The Hall–Kier alpha value is -0.720. The Morgan fingerprint density at radius 1 is 1.17 bits per heavy atom. The van der Waals surface area contributed by atoms with Gasteiger partial charge in [-0.2, -0.15) is 0 Å². The Bertz CT molecular complexity index is 466. The van der Waals surface area contributed by atoms with Crippen molar-refractivity contribution in [2.24, 2.45) is 5.73 Å². The molecule has 3 N–H and O–H groups in total. The zero-order valence-corrected chi connectivity index (χ0v) is 16.0. The van der Waals surface area contributed by atoms with Crippen LogP contribution in [0, 0.1) is 0 Å². The summed E-state index contributed by atoms with van der Waals surface area (Å²) in [4.78, 5) is 16.5. The second kappa shape index (κ2) is 11.8. The largest absolute Gasteiger partial charge is 0.367 e. The van der Waals surface area contributed by atoms with Crippen LogP contribution < -0.4 is 16.0 Å². The first-order chi connectivity index (χ1) is 9.61. The van der Waals surface area contributed by atoms with Gasteiger partial charge in [0.2, 0.25) is 5.91 Å². The van der Waals surface area contributed by atoms with Crippen LogP contribution in [0.15, 0.2) is 24.3 Å². The fourth-order valence-electron chi connectivity index (χ4n) is 2.41. The number of rotatable bonds is 4. The summed E-state index contributed by atoms with van der Waals surface area (Å²) < 4.78 is 0. The van der Waals surface area contributed by atoms with E-state index in [0.29, 0.717) is 0 Å². The number of hydrogen-bond acceptors (Lipinski definition) is 4. The van der Waals surface area contributed by atoms with E-state index in [9.17, 15) is 4.79 Å². The monoisotopic (exact) mass is 384 g/mol. The minimum absolute atomic E-state index is 0. The Kier molecular flexibility index (Phi) is 12.5. The van der Waals surface area contributed by atoms with Gasteiger partial charge in [0.25, 0.3) is 0 Å². The molecule has 0 radical (unpaired) electrons. The number of carbonyl (C=O) groups excluding carboxylic acids is 1. The highest BCUT2D eigenvalue weighted by Crippen LogP contribution is 2.26. The molecule has 1 aliphatic heterocycles. The highest BCUT2D eigenvalue weighted by molar-refractivity contribution is 5.97. The summed E-state index contributed by atoms with van der Waals surface area (Å²) in [5.74, 6) is -0.148. The van der Waals surface area contributed by atoms with Gasteiger partial charge in [-0.1, -0.05) is 19.1 Å². The van der Waals surface area contributed by atoms with Crippen molar-refractivity contribution in [3.8, 4) is 0 Å². The molecule has 1 atom stereocenters. The molecule has 0 aliphatic carbocycles. The Balaban J connectivity index is 0. The summed E-state index contributed by atoms with van der Waals surface area (Å²) in [6, 6.07) is 7.42. The first-order valence-corrected chi connectivity index (χ1v) is 7.24. The van der Waals surface area contributed by atoms with Gasteiger partial charge in [0.1, 0.15) is 0 Å². The highest BCUT2D eigenvalue weighted by atomic mass is 35.5. The molecule has 2 rings (SSSR count). The summed E-state index contributed by atoms with van der Waals surface area (Å²) in [6.45, 7) is 9.07. The van der Waals surface area contributed by atoms with Crippen molar-refractivity contribution in [2.75, 3.05) is 42.9 Å². The molecule has 0 spiro atoms. The summed E-state index contributed by atoms with van der Waals surface area (Å²) in [7, 11) is 0. The second-order valence-electron chi connectivity index (χ2n) is 5.22. The van der Waals surface area contributed by atoms with E-state index in [1.807, 2.05) is 18.2 Å². The van der Waals surface area contributed by atoms with E-state index in [2.05, 4.69) is 28.1 Å². The SMILES string of the molecule is CCN1CCN(c2ccccc2NC(=O)C(C)N)CC1.Cl.Cl.Cl. The minimum atomic E-state index is -0.500. The van der Waals surface area contributed by atoms with Crippen LogP contribution in [0.5, 0.6) is 0 Å². The molecule has 1 heterocycles. The minimum Gasteiger partial charge on any atom is -0.367 e. The lowest BCUT2D eigenvalue weighted by Gasteiger charge is -2.36. The third-order valence-corrected chi connectivity index (χ3v) is 3.74. The second-order valence-corrected chi connectivity index (χ2v) is 5.22. The Labute approximate surface area is 157 Å². The predicted octanol–water partition coefficient (Wildman–Crippen LogP) is 2.38. The van der Waals surface area contributed by atoms with Gasteiger partial charge in [0.15, 0.2) is 0 Å². The van der Waals surface area contributed by atoms with Crippen LogP contribution in [0.4, 0.5) is 11.4 Å². The molecule has 134 valence electrons. The number of hydrogen-bond donors (Lipinski definition) is 2. The van der Waals surface area contributed by atoms with Crippen LogP contribution >= 0.6 is 37.2 Å². The molecule has 1 amide bonds. The molecule has 1 unspecified atom stereocenters. The van der Waals surface area contributed by atoms with Crippen LogP contribution in [0.2, 0.25) is 0 Å². The zero-order chi connectivity index (χ0) is 14.5. The molecular formula is C15H27Cl3N4O. The standard InChI is InChI=1S/C15H24N4O.3ClH/c1-3-18-8-10-19(11-9-18)14-7-5-4-6-13(14)17-15(20)12(2)16;;;/h4-7,12H,3,8-11,16H2,1-2H3,(H,17,20);3*1H. The molecule has 0 aromatic heterocycles. The summed E-state index contributed by atoms with van der Waals surface area (Å²) in [5.41, 5.74) is 7.54. The van der Waals surface area contributed by atoms with Crippen molar-refractivity contribution in [3.05, 3.63) is 24.3 Å². The molecule has 8 heteroatoms. The van der Waals surface area contributed by atoms with Gasteiger partial charge in [0.05, 0.1) is 17.4 Å². The van der Waals surface area contributed by atoms with E-state index in [0.717, 1.165) is 44.1 Å². The van der Waals surface area contributed by atoms with Gasteiger partial charge in [-0.3, -0.25) is 4.79 Å². The lowest BCUT2D eigenvalue weighted by molar-refractivity contribution is -0.117. The van der Waals surface area contributed by atoms with Crippen molar-refractivity contribution >= 4 is 54.5 Å². The summed E-state index contributed by atoms with van der Waals surface area (Å²) in [5, 5.41) is 2.91. The van der Waals surface area contributed by atoms with Crippen molar-refractivity contribution in [3.63, 3.8) is 0 Å². The smallest absolute Gasteiger partial charge is 0.241 e. The first kappa shape index (κ1) is 24.5. The number of amides is 1. The number of anilines is 2. The van der Waals surface area contributed by atoms with Gasteiger partial charge >= 0.3 is 0 Å². The van der Waals surface area contributed by atoms with Gasteiger partial charge in [-0.15, -0.1) is 37.2 Å². The number of carbonyl (C=O) groups is 1. The van der Waals surface area contributed by atoms with Gasteiger partial charge in [0, 0.05) is 26.2 Å². The molecule has 1 aromatic carbocycles. The van der Waals surface area contributed by atoms with Crippen LogP contribution in [0.25, 0.3) is 0 Å². The molecule has 1 fully saturated rings. The lowest BCUT2D eigenvalue weighted by Crippen LogP contribution is -2.46. The Morgan fingerprint density at radius 3 is 2.26 bits per heavy atom. The predicted molar refractivity (Wildman–Crippen MR) is 105 cm³/mol. The zero-order valence-electron chi connectivity index (χ0n) is 13.5. The van der Waals surface area contributed by atoms with Crippen molar-refractivity contribution in [1.82, 2.24) is 4.90 Å². The van der Waals surface area contributed by atoms with Crippen LogP contribution in [-0.4, -0.2) is 49.6 Å². The summed E-state index contributed by atoms with van der Waals surface area (Å²) >= 11 is 0. The Morgan fingerprint density at radius 2 is 1.74 bits per heavy atom. The average Bonchev–Trinajstić information content (AvgIpc) is 2.48. The molecule has 5 nitrogen and oxygen atoms in total. The van der Waals surface area contributed by atoms with E-state index in [1.165, 1.54) is 0 Å². The molecule has 1 aliphatic rings. The van der Waals surface area contributed by atoms with Crippen molar-refractivity contribution in [1.29, 1.82) is 0 Å². The van der Waals surface area contributed by atoms with Gasteiger partial charge < -0.3 is 20.9 Å². The third kappa shape index (κ3) is 6.73. The maximum absolute atomic E-state index is 11.8. The van der Waals surface area contributed by atoms with E-state index in [1.54, 1.807) is 6.92 Å². The number of nitrogens with two attached hydrogens (primary N) is 1. The number of nitrogens with one attached hydrogen (secondary N) is 1. The fraction of sp³-hybridized carbons (Fsp3) is 0.533. The number of nitrogens with zero attached hydrogens (tertiary/aromatic N) is 2. The van der Waals surface area contributed by atoms with E-state index >= 15 is 0 Å². The van der Waals surface area contributed by atoms with Gasteiger partial charge in [-0.05, 0) is 25.6 Å².